The summed E-state index contributed by atoms with van der Waals surface area (Å²) in [6, 6.07) is 3.51. The highest BCUT2D eigenvalue weighted by atomic mass is 16.5. The van der Waals surface area contributed by atoms with E-state index >= 15 is 0 Å². The first-order valence-corrected chi connectivity index (χ1v) is 6.71. The Labute approximate surface area is 118 Å². The van der Waals surface area contributed by atoms with Gasteiger partial charge in [-0.15, -0.1) is 0 Å². The van der Waals surface area contributed by atoms with Crippen LogP contribution in [0.4, 0.5) is 5.69 Å². The van der Waals surface area contributed by atoms with Gasteiger partial charge in [0.25, 0.3) is 0 Å². The van der Waals surface area contributed by atoms with E-state index in [9.17, 15) is 4.79 Å². The molecule has 1 aliphatic rings. The van der Waals surface area contributed by atoms with E-state index in [2.05, 4.69) is 15.6 Å². The van der Waals surface area contributed by atoms with Crippen LogP contribution >= 0.6 is 0 Å². The van der Waals surface area contributed by atoms with Gasteiger partial charge in [0.2, 0.25) is 11.8 Å². The van der Waals surface area contributed by atoms with Gasteiger partial charge in [-0.1, -0.05) is 0 Å². The van der Waals surface area contributed by atoms with Crippen molar-refractivity contribution in [1.29, 1.82) is 0 Å². The topological polar surface area (TPSA) is 72.5 Å². The summed E-state index contributed by atoms with van der Waals surface area (Å²) >= 11 is 0. The third-order valence-corrected chi connectivity index (χ3v) is 3.67. The maximum Gasteiger partial charge on any atom is 0.233 e. The number of hydrogen-bond acceptors (Lipinski definition) is 5. The van der Waals surface area contributed by atoms with Crippen LogP contribution in [0.1, 0.15) is 12.8 Å². The molecule has 6 nitrogen and oxygen atoms in total. The van der Waals surface area contributed by atoms with Gasteiger partial charge in [0.15, 0.2) is 0 Å². The Morgan fingerprint density at radius 3 is 2.70 bits per heavy atom. The molecule has 1 aromatic rings. The molecule has 2 heterocycles. The first-order chi connectivity index (χ1) is 9.70. The van der Waals surface area contributed by atoms with E-state index in [1.165, 1.54) is 0 Å². The molecule has 1 aromatic heterocycles. The van der Waals surface area contributed by atoms with Crippen LogP contribution in [0.15, 0.2) is 18.3 Å². The number of piperidine rings is 1. The molecule has 0 bridgehead atoms. The van der Waals surface area contributed by atoms with Crippen molar-refractivity contribution in [3.63, 3.8) is 0 Å². The molecule has 0 atom stereocenters. The molecule has 0 aromatic carbocycles. The molecule has 0 unspecified atom stereocenters. The van der Waals surface area contributed by atoms with Crippen molar-refractivity contribution in [1.82, 2.24) is 10.3 Å². The van der Waals surface area contributed by atoms with Crippen molar-refractivity contribution < 1.29 is 14.3 Å². The van der Waals surface area contributed by atoms with Gasteiger partial charge in [0.1, 0.15) is 0 Å². The Balaban J connectivity index is 2.07. The molecule has 2 rings (SSSR count). The highest BCUT2D eigenvalue weighted by molar-refractivity contribution is 5.95. The van der Waals surface area contributed by atoms with Crippen molar-refractivity contribution in [3.8, 4) is 5.88 Å². The molecular weight excluding hydrogens is 258 g/mol. The SMILES string of the molecule is COCC1(C(=O)Nc2ccc(OC)nc2)CCNCC1. The van der Waals surface area contributed by atoms with Crippen LogP contribution in [0.5, 0.6) is 5.88 Å². The molecule has 0 spiro atoms. The number of methoxy groups -OCH3 is 2. The molecule has 20 heavy (non-hydrogen) atoms. The van der Waals surface area contributed by atoms with E-state index in [0.717, 1.165) is 25.9 Å². The van der Waals surface area contributed by atoms with Crippen LogP contribution < -0.4 is 15.4 Å². The number of carbonyl (C=O) groups excluding carboxylic acids is 1. The lowest BCUT2D eigenvalue weighted by atomic mass is 9.78. The maximum atomic E-state index is 12.6. The Morgan fingerprint density at radius 2 is 2.15 bits per heavy atom. The van der Waals surface area contributed by atoms with E-state index in [4.69, 9.17) is 9.47 Å². The second-order valence-electron chi connectivity index (χ2n) is 5.01. The summed E-state index contributed by atoms with van der Waals surface area (Å²) in [5, 5.41) is 6.19. The van der Waals surface area contributed by atoms with Crippen LogP contribution in [-0.2, 0) is 9.53 Å². The summed E-state index contributed by atoms with van der Waals surface area (Å²) < 4.78 is 10.3. The van der Waals surface area contributed by atoms with Gasteiger partial charge < -0.3 is 20.1 Å². The summed E-state index contributed by atoms with van der Waals surface area (Å²) in [7, 11) is 3.19. The maximum absolute atomic E-state index is 12.6. The summed E-state index contributed by atoms with van der Waals surface area (Å²) in [5.41, 5.74) is 0.213. The Morgan fingerprint density at radius 1 is 1.40 bits per heavy atom. The fourth-order valence-corrected chi connectivity index (χ4v) is 2.46. The standard InChI is InChI=1S/C14H21N3O3/c1-19-10-14(5-7-15-8-6-14)13(18)17-11-3-4-12(20-2)16-9-11/h3-4,9,15H,5-8,10H2,1-2H3,(H,17,18). The lowest BCUT2D eigenvalue weighted by Gasteiger charge is -2.35. The van der Waals surface area contributed by atoms with Crippen molar-refractivity contribution in [2.75, 3.05) is 39.2 Å². The van der Waals surface area contributed by atoms with Crippen LogP contribution in [0, 0.1) is 5.41 Å². The third-order valence-electron chi connectivity index (χ3n) is 3.67. The van der Waals surface area contributed by atoms with Gasteiger partial charge >= 0.3 is 0 Å². The fourth-order valence-electron chi connectivity index (χ4n) is 2.46. The van der Waals surface area contributed by atoms with Crippen LogP contribution in [0.2, 0.25) is 0 Å². The van der Waals surface area contributed by atoms with Gasteiger partial charge in [-0.25, -0.2) is 4.98 Å². The smallest absolute Gasteiger partial charge is 0.233 e. The predicted molar refractivity (Wildman–Crippen MR) is 75.8 cm³/mol. The fraction of sp³-hybridized carbons (Fsp3) is 0.571. The van der Waals surface area contributed by atoms with Gasteiger partial charge in [-0.2, -0.15) is 0 Å². The zero-order valence-corrected chi connectivity index (χ0v) is 11.9. The Hall–Kier alpha value is -1.66. The molecule has 6 heteroatoms. The van der Waals surface area contributed by atoms with E-state index < -0.39 is 5.41 Å². The van der Waals surface area contributed by atoms with Crippen molar-refractivity contribution in [2.24, 2.45) is 5.41 Å². The number of aromatic nitrogens is 1. The first-order valence-electron chi connectivity index (χ1n) is 6.71. The van der Waals surface area contributed by atoms with Crippen LogP contribution in [0.25, 0.3) is 0 Å². The zero-order chi connectivity index (χ0) is 14.4. The lowest BCUT2D eigenvalue weighted by molar-refractivity contribution is -0.130. The zero-order valence-electron chi connectivity index (χ0n) is 11.9. The predicted octanol–water partition coefficient (Wildman–Crippen LogP) is 1.04. The van der Waals surface area contributed by atoms with E-state index in [-0.39, 0.29) is 5.91 Å². The third kappa shape index (κ3) is 3.26. The quantitative estimate of drug-likeness (QED) is 0.842. The van der Waals surface area contributed by atoms with Gasteiger partial charge in [-0.05, 0) is 32.0 Å². The highest BCUT2D eigenvalue weighted by Crippen LogP contribution is 2.30. The van der Waals surface area contributed by atoms with Crippen molar-refractivity contribution in [3.05, 3.63) is 18.3 Å². The molecule has 1 amide bonds. The minimum absolute atomic E-state index is 0.00665. The average molecular weight is 279 g/mol. The molecule has 0 saturated carbocycles. The normalized spacial score (nSPS) is 17.5. The average Bonchev–Trinajstić information content (AvgIpc) is 2.49. The summed E-state index contributed by atoms with van der Waals surface area (Å²) in [6.45, 7) is 2.10. The Kier molecular flexibility index (Phi) is 4.92. The minimum Gasteiger partial charge on any atom is -0.481 e. The molecule has 0 aliphatic carbocycles. The van der Waals surface area contributed by atoms with E-state index in [1.807, 2.05) is 0 Å². The highest BCUT2D eigenvalue weighted by Gasteiger charge is 2.39. The summed E-state index contributed by atoms with van der Waals surface area (Å²) in [6.07, 6.45) is 3.14. The number of carbonyl (C=O) groups is 1. The molecule has 1 aliphatic heterocycles. The first kappa shape index (κ1) is 14.7. The number of amides is 1. The van der Waals surface area contributed by atoms with Crippen LogP contribution in [-0.4, -0.2) is 44.8 Å². The van der Waals surface area contributed by atoms with Gasteiger partial charge in [0.05, 0.1) is 31.0 Å². The molecule has 0 radical (unpaired) electrons. The number of anilines is 1. The molecule has 1 saturated heterocycles. The number of nitrogens with one attached hydrogen (secondary N) is 2. The van der Waals surface area contributed by atoms with Crippen molar-refractivity contribution in [2.45, 2.75) is 12.8 Å². The number of pyridine rings is 1. The lowest BCUT2D eigenvalue weighted by Crippen LogP contribution is -2.47. The molecule has 110 valence electrons. The second kappa shape index (κ2) is 6.67. The molecular formula is C14H21N3O3. The Bertz CT molecular complexity index is 436. The summed E-state index contributed by atoms with van der Waals surface area (Å²) in [5.74, 6) is 0.518. The monoisotopic (exact) mass is 279 g/mol. The van der Waals surface area contributed by atoms with Crippen LogP contribution in [0.3, 0.4) is 0 Å². The van der Waals surface area contributed by atoms with Crippen molar-refractivity contribution >= 4 is 11.6 Å². The number of hydrogen-bond donors (Lipinski definition) is 2. The second-order valence-corrected chi connectivity index (χ2v) is 5.01. The largest absolute Gasteiger partial charge is 0.481 e. The minimum atomic E-state index is -0.458. The molecule has 1 fully saturated rings. The number of ether oxygens (including phenoxy) is 2. The molecule has 2 N–H and O–H groups in total. The van der Waals surface area contributed by atoms with Gasteiger partial charge in [-0.3, -0.25) is 4.79 Å². The number of rotatable bonds is 5. The van der Waals surface area contributed by atoms with Gasteiger partial charge in [0, 0.05) is 13.2 Å². The number of nitrogens with zero attached hydrogens (tertiary/aromatic N) is 1. The van der Waals surface area contributed by atoms with E-state index in [0.29, 0.717) is 18.2 Å². The van der Waals surface area contributed by atoms with E-state index in [1.54, 1.807) is 32.5 Å². The summed E-state index contributed by atoms with van der Waals surface area (Å²) in [4.78, 5) is 16.6.